The number of thiophene rings is 1. The molecule has 3 aromatic rings. The van der Waals surface area contributed by atoms with Gasteiger partial charge in [-0.25, -0.2) is 0 Å². The van der Waals surface area contributed by atoms with Gasteiger partial charge < -0.3 is 5.73 Å². The first-order valence-electron chi connectivity index (χ1n) is 7.97. The predicted molar refractivity (Wildman–Crippen MR) is 98.4 cm³/mol. The lowest BCUT2D eigenvalue weighted by Gasteiger charge is -2.13. The van der Waals surface area contributed by atoms with E-state index in [1.807, 2.05) is 61.1 Å². The molecule has 0 saturated carbocycles. The number of hydrogen-bond acceptors (Lipinski definition) is 4. The maximum Gasteiger partial charge on any atom is 0.173 e. The number of nitrogens with zero attached hydrogens (tertiary/aromatic N) is 2. The lowest BCUT2D eigenvalue weighted by molar-refractivity contribution is 0.0978. The summed E-state index contributed by atoms with van der Waals surface area (Å²) in [6.07, 6.45) is 2.21. The van der Waals surface area contributed by atoms with E-state index < -0.39 is 0 Å². The van der Waals surface area contributed by atoms with E-state index in [1.165, 1.54) is 0 Å². The summed E-state index contributed by atoms with van der Waals surface area (Å²) in [5.41, 5.74) is 9.13. The molecule has 0 aliphatic heterocycles. The average molecular weight is 339 g/mol. The highest BCUT2D eigenvalue weighted by Crippen LogP contribution is 2.32. The Morgan fingerprint density at radius 3 is 2.67 bits per heavy atom. The van der Waals surface area contributed by atoms with Crippen molar-refractivity contribution in [2.75, 3.05) is 6.54 Å². The van der Waals surface area contributed by atoms with Crippen LogP contribution in [0.2, 0.25) is 0 Å². The van der Waals surface area contributed by atoms with E-state index in [0.29, 0.717) is 13.0 Å². The van der Waals surface area contributed by atoms with E-state index in [4.69, 9.17) is 5.73 Å². The Morgan fingerprint density at radius 2 is 2.04 bits per heavy atom. The number of rotatable bonds is 6. The molecule has 5 heteroatoms. The van der Waals surface area contributed by atoms with Crippen molar-refractivity contribution in [1.82, 2.24) is 9.78 Å². The Labute approximate surface area is 145 Å². The third kappa shape index (κ3) is 3.32. The van der Waals surface area contributed by atoms with Crippen LogP contribution in [0.3, 0.4) is 0 Å². The fourth-order valence-electron chi connectivity index (χ4n) is 2.90. The van der Waals surface area contributed by atoms with Gasteiger partial charge in [0.1, 0.15) is 0 Å². The van der Waals surface area contributed by atoms with Gasteiger partial charge in [-0.3, -0.25) is 9.48 Å². The Bertz CT molecular complexity index is 835. The second kappa shape index (κ2) is 7.11. The van der Waals surface area contributed by atoms with Gasteiger partial charge in [0.25, 0.3) is 0 Å². The molecule has 24 heavy (non-hydrogen) atoms. The number of nitrogens with two attached hydrogens (primary N) is 1. The first kappa shape index (κ1) is 16.6. The third-order valence-electron chi connectivity index (χ3n) is 4.28. The number of carbonyl (C=O) groups excluding carboxylic acids is 1. The van der Waals surface area contributed by atoms with E-state index in [9.17, 15) is 4.79 Å². The molecule has 0 spiro atoms. The molecule has 0 aliphatic rings. The van der Waals surface area contributed by atoms with Crippen molar-refractivity contribution >= 4 is 17.1 Å². The number of aromatic nitrogens is 2. The van der Waals surface area contributed by atoms with Crippen LogP contribution in [-0.2, 0) is 7.05 Å². The SMILES string of the molecule is Cc1sc(C(=O)C[C@H](CN)c2ccccc2)cc1-c1ccnn1C. The number of carbonyl (C=O) groups is 1. The van der Waals surface area contributed by atoms with Gasteiger partial charge in [-0.1, -0.05) is 30.3 Å². The van der Waals surface area contributed by atoms with Crippen LogP contribution in [0.1, 0.15) is 32.5 Å². The van der Waals surface area contributed by atoms with E-state index in [0.717, 1.165) is 26.6 Å². The molecule has 2 heterocycles. The van der Waals surface area contributed by atoms with Crippen molar-refractivity contribution in [3.63, 3.8) is 0 Å². The number of hydrogen-bond donors (Lipinski definition) is 1. The van der Waals surface area contributed by atoms with Crippen LogP contribution >= 0.6 is 11.3 Å². The van der Waals surface area contributed by atoms with Crippen molar-refractivity contribution < 1.29 is 4.79 Å². The van der Waals surface area contributed by atoms with E-state index >= 15 is 0 Å². The molecule has 0 aliphatic carbocycles. The smallest absolute Gasteiger partial charge is 0.173 e. The van der Waals surface area contributed by atoms with Crippen molar-refractivity contribution in [3.05, 3.63) is 64.0 Å². The Morgan fingerprint density at radius 1 is 1.29 bits per heavy atom. The molecular formula is C19H21N3OS. The molecule has 3 rings (SSSR count). The van der Waals surface area contributed by atoms with E-state index in [2.05, 4.69) is 5.10 Å². The highest BCUT2D eigenvalue weighted by molar-refractivity contribution is 7.14. The van der Waals surface area contributed by atoms with Crippen molar-refractivity contribution in [1.29, 1.82) is 0 Å². The highest BCUT2D eigenvalue weighted by atomic mass is 32.1. The lowest BCUT2D eigenvalue weighted by atomic mass is 9.93. The number of aryl methyl sites for hydroxylation is 2. The van der Waals surface area contributed by atoms with E-state index in [1.54, 1.807) is 17.5 Å². The van der Waals surface area contributed by atoms with Crippen LogP contribution < -0.4 is 5.73 Å². The summed E-state index contributed by atoms with van der Waals surface area (Å²) in [7, 11) is 1.91. The number of Topliss-reactive ketones (excluding diaryl/α,β-unsaturated/α-hetero) is 1. The van der Waals surface area contributed by atoms with Crippen LogP contribution in [-0.4, -0.2) is 22.1 Å². The van der Waals surface area contributed by atoms with E-state index in [-0.39, 0.29) is 11.7 Å². The van der Waals surface area contributed by atoms with Gasteiger partial charge in [0, 0.05) is 36.0 Å². The third-order valence-corrected chi connectivity index (χ3v) is 5.37. The number of ketones is 1. The monoisotopic (exact) mass is 339 g/mol. The molecule has 1 atom stereocenters. The van der Waals surface area contributed by atoms with Crippen LogP contribution in [0.15, 0.2) is 48.7 Å². The Hall–Kier alpha value is -2.24. The van der Waals surface area contributed by atoms with Crippen molar-refractivity contribution in [3.8, 4) is 11.3 Å². The molecule has 0 amide bonds. The van der Waals surface area contributed by atoms with Crippen LogP contribution in [0.5, 0.6) is 0 Å². The van der Waals surface area contributed by atoms with Gasteiger partial charge in [0.15, 0.2) is 5.78 Å². The molecule has 2 N–H and O–H groups in total. The molecule has 4 nitrogen and oxygen atoms in total. The standard InChI is InChI=1S/C19H21N3OS/c1-13-16(17-8-9-21-22(17)2)11-19(24-13)18(23)10-15(12-20)14-6-4-3-5-7-14/h3-9,11,15H,10,12,20H2,1-2H3/t15-/m1/s1. The normalized spacial score (nSPS) is 12.3. The van der Waals surface area contributed by atoms with Crippen molar-refractivity contribution in [2.24, 2.45) is 12.8 Å². The van der Waals surface area contributed by atoms with Crippen LogP contribution in [0.25, 0.3) is 11.3 Å². The molecular weight excluding hydrogens is 318 g/mol. The maximum absolute atomic E-state index is 12.7. The molecule has 2 aromatic heterocycles. The second-order valence-corrected chi connectivity index (χ2v) is 7.15. The molecule has 0 bridgehead atoms. The summed E-state index contributed by atoms with van der Waals surface area (Å²) >= 11 is 1.55. The summed E-state index contributed by atoms with van der Waals surface area (Å²) in [5, 5.41) is 4.21. The number of benzene rings is 1. The summed E-state index contributed by atoms with van der Waals surface area (Å²) in [6.45, 7) is 2.51. The zero-order chi connectivity index (χ0) is 17.1. The highest BCUT2D eigenvalue weighted by Gasteiger charge is 2.19. The van der Waals surface area contributed by atoms with Gasteiger partial charge >= 0.3 is 0 Å². The zero-order valence-corrected chi connectivity index (χ0v) is 14.7. The maximum atomic E-state index is 12.7. The van der Waals surface area contributed by atoms with Gasteiger partial charge in [0.05, 0.1) is 10.6 Å². The van der Waals surface area contributed by atoms with Gasteiger partial charge in [-0.2, -0.15) is 5.10 Å². The van der Waals surface area contributed by atoms with Crippen molar-refractivity contribution in [2.45, 2.75) is 19.3 Å². The molecule has 0 radical (unpaired) electrons. The van der Waals surface area contributed by atoms with Crippen LogP contribution in [0.4, 0.5) is 0 Å². The molecule has 1 aromatic carbocycles. The fourth-order valence-corrected chi connectivity index (χ4v) is 3.88. The largest absolute Gasteiger partial charge is 0.330 e. The minimum atomic E-state index is 0.0567. The molecule has 0 saturated heterocycles. The zero-order valence-electron chi connectivity index (χ0n) is 13.9. The van der Waals surface area contributed by atoms with Crippen LogP contribution in [0, 0.1) is 6.92 Å². The summed E-state index contributed by atoms with van der Waals surface area (Å²) in [4.78, 5) is 14.7. The Balaban J connectivity index is 1.82. The average Bonchev–Trinajstić information content (AvgIpc) is 3.18. The Kier molecular flexibility index (Phi) is 4.92. The quantitative estimate of drug-likeness (QED) is 0.695. The summed E-state index contributed by atoms with van der Waals surface area (Å²) < 4.78 is 1.83. The molecule has 124 valence electrons. The second-order valence-electron chi connectivity index (χ2n) is 5.89. The van der Waals surface area contributed by atoms with Gasteiger partial charge in [-0.15, -0.1) is 11.3 Å². The minimum Gasteiger partial charge on any atom is -0.330 e. The molecule has 0 fully saturated rings. The first-order valence-corrected chi connectivity index (χ1v) is 8.78. The summed E-state index contributed by atoms with van der Waals surface area (Å²) in [5.74, 6) is 0.206. The minimum absolute atomic E-state index is 0.0567. The molecule has 0 unspecified atom stereocenters. The summed E-state index contributed by atoms with van der Waals surface area (Å²) in [6, 6.07) is 14.0. The predicted octanol–water partition coefficient (Wildman–Crippen LogP) is 3.77. The van der Waals surface area contributed by atoms with Gasteiger partial charge in [0.2, 0.25) is 0 Å². The first-order chi connectivity index (χ1) is 11.6. The topological polar surface area (TPSA) is 60.9 Å². The van der Waals surface area contributed by atoms with Gasteiger partial charge in [-0.05, 0) is 31.2 Å². The lowest BCUT2D eigenvalue weighted by Crippen LogP contribution is -2.16. The fraction of sp³-hybridized carbons (Fsp3) is 0.263.